The Morgan fingerprint density at radius 1 is 1.14 bits per heavy atom. The molecule has 0 spiro atoms. The maximum absolute atomic E-state index is 12.7. The van der Waals surface area contributed by atoms with Crippen molar-refractivity contribution in [2.24, 2.45) is 0 Å². The second-order valence-electron chi connectivity index (χ2n) is 7.05. The summed E-state index contributed by atoms with van der Waals surface area (Å²) in [6.07, 6.45) is 1.63. The van der Waals surface area contributed by atoms with Crippen LogP contribution < -0.4 is 15.6 Å². The van der Waals surface area contributed by atoms with E-state index in [0.717, 1.165) is 29.7 Å². The third-order valence-corrected chi connectivity index (χ3v) is 5.39. The number of hydrogen-bond acceptors (Lipinski definition) is 4. The molecule has 7 heteroatoms. The van der Waals surface area contributed by atoms with Crippen LogP contribution in [0.1, 0.15) is 18.4 Å². The Morgan fingerprint density at radius 3 is 2.52 bits per heavy atom. The lowest BCUT2D eigenvalue weighted by Crippen LogP contribution is -2.39. The quantitative estimate of drug-likeness (QED) is 0.677. The number of nitrogens with zero attached hydrogens (tertiary/aromatic N) is 2. The van der Waals surface area contributed by atoms with Crippen molar-refractivity contribution in [2.45, 2.75) is 24.9 Å². The first-order chi connectivity index (χ1) is 14.0. The molecular weight excluding hydrogens is 390 g/mol. The highest BCUT2D eigenvalue weighted by Crippen LogP contribution is 2.47. The SMILES string of the molecule is COc1ccc(-c2ccc(=O)n(CC(=O)NC3(c4ccccc4Cl)CC3)n2)cc1. The molecule has 1 amide bonds. The molecule has 1 N–H and O–H groups in total. The molecule has 0 saturated heterocycles. The zero-order valence-corrected chi connectivity index (χ0v) is 16.6. The molecule has 29 heavy (non-hydrogen) atoms. The first-order valence-corrected chi connectivity index (χ1v) is 9.67. The van der Waals surface area contributed by atoms with Crippen LogP contribution in [0.15, 0.2) is 65.5 Å². The van der Waals surface area contributed by atoms with E-state index in [2.05, 4.69) is 10.4 Å². The van der Waals surface area contributed by atoms with Gasteiger partial charge in [-0.2, -0.15) is 5.10 Å². The molecule has 6 nitrogen and oxygen atoms in total. The average molecular weight is 410 g/mol. The monoisotopic (exact) mass is 409 g/mol. The van der Waals surface area contributed by atoms with Crippen molar-refractivity contribution in [1.29, 1.82) is 0 Å². The lowest BCUT2D eigenvalue weighted by molar-refractivity contribution is -0.123. The van der Waals surface area contributed by atoms with Crippen LogP contribution in [-0.2, 0) is 16.9 Å². The number of benzene rings is 2. The number of carbonyl (C=O) groups is 1. The number of aromatic nitrogens is 2. The van der Waals surface area contributed by atoms with Gasteiger partial charge in [-0.3, -0.25) is 9.59 Å². The van der Waals surface area contributed by atoms with Crippen LogP contribution in [0.5, 0.6) is 5.75 Å². The van der Waals surface area contributed by atoms with Crippen LogP contribution in [0.2, 0.25) is 5.02 Å². The molecule has 1 heterocycles. The molecule has 0 aliphatic heterocycles. The lowest BCUT2D eigenvalue weighted by atomic mass is 10.0. The number of ether oxygens (including phenoxy) is 1. The van der Waals surface area contributed by atoms with Crippen molar-refractivity contribution < 1.29 is 9.53 Å². The minimum Gasteiger partial charge on any atom is -0.497 e. The highest BCUT2D eigenvalue weighted by molar-refractivity contribution is 6.31. The van der Waals surface area contributed by atoms with E-state index in [0.29, 0.717) is 10.7 Å². The Morgan fingerprint density at radius 2 is 1.86 bits per heavy atom. The summed E-state index contributed by atoms with van der Waals surface area (Å²) >= 11 is 6.30. The molecule has 2 aromatic carbocycles. The van der Waals surface area contributed by atoms with Gasteiger partial charge in [-0.25, -0.2) is 4.68 Å². The molecule has 1 aliphatic rings. The summed E-state index contributed by atoms with van der Waals surface area (Å²) in [5, 5.41) is 8.02. The number of methoxy groups -OCH3 is 1. The van der Waals surface area contributed by atoms with Gasteiger partial charge in [0.2, 0.25) is 5.91 Å². The van der Waals surface area contributed by atoms with Crippen molar-refractivity contribution in [2.75, 3.05) is 7.11 Å². The molecule has 1 saturated carbocycles. The van der Waals surface area contributed by atoms with Crippen LogP contribution in [0.3, 0.4) is 0 Å². The van der Waals surface area contributed by atoms with E-state index < -0.39 is 5.54 Å². The van der Waals surface area contributed by atoms with Crippen molar-refractivity contribution in [3.63, 3.8) is 0 Å². The second kappa shape index (κ2) is 7.72. The molecule has 3 aromatic rings. The summed E-state index contributed by atoms with van der Waals surface area (Å²) in [6.45, 7) is -0.158. The summed E-state index contributed by atoms with van der Waals surface area (Å²) < 4.78 is 6.34. The Hall–Kier alpha value is -3.12. The number of carbonyl (C=O) groups excluding carboxylic acids is 1. The second-order valence-corrected chi connectivity index (χ2v) is 7.46. The van der Waals surface area contributed by atoms with Crippen molar-refractivity contribution >= 4 is 17.5 Å². The largest absolute Gasteiger partial charge is 0.497 e. The van der Waals surface area contributed by atoms with Gasteiger partial charge in [0.15, 0.2) is 0 Å². The van der Waals surface area contributed by atoms with Crippen LogP contribution in [0, 0.1) is 0 Å². The third kappa shape index (κ3) is 4.03. The van der Waals surface area contributed by atoms with Gasteiger partial charge < -0.3 is 10.1 Å². The van der Waals surface area contributed by atoms with E-state index in [4.69, 9.17) is 16.3 Å². The molecule has 1 aromatic heterocycles. The average Bonchev–Trinajstić information content (AvgIpc) is 3.50. The molecule has 148 valence electrons. The smallest absolute Gasteiger partial charge is 0.267 e. The van der Waals surface area contributed by atoms with Gasteiger partial charge in [0.05, 0.1) is 18.3 Å². The summed E-state index contributed by atoms with van der Waals surface area (Å²) in [5.41, 5.74) is 1.55. The van der Waals surface area contributed by atoms with Crippen LogP contribution in [0.25, 0.3) is 11.3 Å². The van der Waals surface area contributed by atoms with Crippen LogP contribution in [0.4, 0.5) is 0 Å². The zero-order valence-electron chi connectivity index (χ0n) is 15.9. The van der Waals surface area contributed by atoms with E-state index in [-0.39, 0.29) is 18.0 Å². The summed E-state index contributed by atoms with van der Waals surface area (Å²) in [6, 6.07) is 17.9. The van der Waals surface area contributed by atoms with Gasteiger partial charge in [-0.1, -0.05) is 29.8 Å². The Kier molecular flexibility index (Phi) is 5.11. The molecule has 0 bridgehead atoms. The standard InChI is InChI=1S/C22H20ClN3O3/c1-29-16-8-6-15(7-9-16)19-10-11-21(28)26(25-19)14-20(27)24-22(12-13-22)17-4-2-3-5-18(17)23/h2-11H,12-14H2,1H3,(H,24,27). The highest BCUT2D eigenvalue weighted by Gasteiger charge is 2.46. The minimum atomic E-state index is -0.452. The molecule has 1 fully saturated rings. The van der Waals surface area contributed by atoms with E-state index in [1.807, 2.05) is 48.5 Å². The number of rotatable bonds is 6. The maximum Gasteiger partial charge on any atom is 0.267 e. The van der Waals surface area contributed by atoms with Gasteiger partial charge in [-0.05, 0) is 54.8 Å². The Labute approximate surface area is 173 Å². The fourth-order valence-electron chi connectivity index (χ4n) is 3.36. The number of nitrogens with one attached hydrogen (secondary N) is 1. The van der Waals surface area contributed by atoms with Gasteiger partial charge in [0.25, 0.3) is 5.56 Å². The maximum atomic E-state index is 12.7. The zero-order chi connectivity index (χ0) is 20.4. The normalized spacial score (nSPS) is 14.3. The van der Waals surface area contributed by atoms with Crippen LogP contribution >= 0.6 is 11.6 Å². The van der Waals surface area contributed by atoms with Crippen molar-refractivity contribution in [3.05, 3.63) is 81.6 Å². The number of halogens is 1. The molecule has 0 unspecified atom stereocenters. The topological polar surface area (TPSA) is 73.2 Å². The first-order valence-electron chi connectivity index (χ1n) is 9.29. The van der Waals surface area contributed by atoms with Gasteiger partial charge in [-0.15, -0.1) is 0 Å². The highest BCUT2D eigenvalue weighted by atomic mass is 35.5. The van der Waals surface area contributed by atoms with Crippen LogP contribution in [-0.4, -0.2) is 22.8 Å². The fourth-order valence-corrected chi connectivity index (χ4v) is 3.67. The van der Waals surface area contributed by atoms with Crippen molar-refractivity contribution in [3.8, 4) is 17.0 Å². The first kappa shape index (κ1) is 19.2. The van der Waals surface area contributed by atoms with E-state index in [1.54, 1.807) is 13.2 Å². The van der Waals surface area contributed by atoms with Gasteiger partial charge in [0.1, 0.15) is 12.3 Å². The predicted molar refractivity (Wildman–Crippen MR) is 111 cm³/mol. The lowest BCUT2D eigenvalue weighted by Gasteiger charge is -2.19. The third-order valence-electron chi connectivity index (χ3n) is 5.06. The van der Waals surface area contributed by atoms with E-state index >= 15 is 0 Å². The fraction of sp³-hybridized carbons (Fsp3) is 0.227. The van der Waals surface area contributed by atoms with E-state index in [9.17, 15) is 9.59 Å². The molecular formula is C22H20ClN3O3. The Bertz CT molecular complexity index is 1100. The summed E-state index contributed by atoms with van der Waals surface area (Å²) in [7, 11) is 1.60. The number of amides is 1. The van der Waals surface area contributed by atoms with E-state index in [1.165, 1.54) is 10.7 Å². The predicted octanol–water partition coefficient (Wildman–Crippen LogP) is 3.38. The van der Waals surface area contributed by atoms with Gasteiger partial charge >= 0.3 is 0 Å². The minimum absolute atomic E-state index is 0.158. The summed E-state index contributed by atoms with van der Waals surface area (Å²) in [4.78, 5) is 24.9. The molecule has 1 aliphatic carbocycles. The van der Waals surface area contributed by atoms with Crippen molar-refractivity contribution in [1.82, 2.24) is 15.1 Å². The molecule has 4 rings (SSSR count). The number of hydrogen-bond donors (Lipinski definition) is 1. The van der Waals surface area contributed by atoms with Gasteiger partial charge in [0, 0.05) is 16.7 Å². The molecule has 0 radical (unpaired) electrons. The Balaban J connectivity index is 1.52. The molecule has 0 atom stereocenters. The summed E-state index contributed by atoms with van der Waals surface area (Å²) in [5.74, 6) is 0.458.